The highest BCUT2D eigenvalue weighted by Crippen LogP contribution is 2.40. The Bertz CT molecular complexity index is 1340. The van der Waals surface area contributed by atoms with Gasteiger partial charge in [0.15, 0.2) is 0 Å². The molecule has 5 rings (SSSR count). The van der Waals surface area contributed by atoms with Crippen LogP contribution in [0.25, 0.3) is 11.1 Å². The van der Waals surface area contributed by atoms with Crippen LogP contribution in [0.1, 0.15) is 46.0 Å². The van der Waals surface area contributed by atoms with E-state index in [0.29, 0.717) is 30.0 Å². The van der Waals surface area contributed by atoms with Crippen molar-refractivity contribution in [3.8, 4) is 11.1 Å². The van der Waals surface area contributed by atoms with Crippen molar-refractivity contribution < 1.29 is 31.5 Å². The zero-order valence-corrected chi connectivity index (χ0v) is 22.2. The Morgan fingerprint density at radius 3 is 2.26 bits per heavy atom. The normalized spacial score (nSPS) is 22.7. The summed E-state index contributed by atoms with van der Waals surface area (Å²) in [4.78, 5) is 28.8. The molecule has 2 heterocycles. The molecule has 1 atom stereocenters. The summed E-state index contributed by atoms with van der Waals surface area (Å²) in [5.74, 6) is -2.74. The maximum Gasteiger partial charge on any atom is 0.414 e. The average Bonchev–Trinajstić information content (AvgIpc) is 3.23. The number of alkyl halides is 2. The molecule has 38 heavy (non-hydrogen) atoms. The number of rotatable bonds is 3. The minimum absolute atomic E-state index is 0.105. The van der Waals surface area contributed by atoms with Gasteiger partial charge in [-0.2, -0.15) is 0 Å². The molecule has 1 saturated heterocycles. The molecule has 2 aromatic carbocycles. The predicted molar refractivity (Wildman–Crippen MR) is 141 cm³/mol. The van der Waals surface area contributed by atoms with E-state index in [2.05, 4.69) is 0 Å². The molecule has 1 aliphatic carbocycles. The smallest absolute Gasteiger partial charge is 0.414 e. The molecule has 0 aromatic heterocycles. The fourth-order valence-corrected chi connectivity index (χ4v) is 7.11. The number of hydrogen-bond donors (Lipinski definition) is 0. The van der Waals surface area contributed by atoms with Gasteiger partial charge in [-0.25, -0.2) is 22.0 Å². The van der Waals surface area contributed by atoms with Crippen LogP contribution in [0, 0.1) is 0 Å². The van der Waals surface area contributed by atoms with Gasteiger partial charge in [-0.15, -0.1) is 0 Å². The number of carbonyl (C=O) groups excluding carboxylic acids is 2. The number of amides is 2. The van der Waals surface area contributed by atoms with Crippen LogP contribution in [0.15, 0.2) is 42.5 Å². The molecule has 11 heteroatoms. The van der Waals surface area contributed by atoms with Crippen LogP contribution in [0.3, 0.4) is 0 Å². The molecular weight excluding hydrogens is 516 g/mol. The maximum atomic E-state index is 13.6. The van der Waals surface area contributed by atoms with E-state index in [-0.39, 0.29) is 49.9 Å². The van der Waals surface area contributed by atoms with Crippen LogP contribution in [0.5, 0.6) is 0 Å². The van der Waals surface area contributed by atoms with E-state index < -0.39 is 28.1 Å². The number of sulfonamides is 1. The summed E-state index contributed by atoms with van der Waals surface area (Å²) in [5, 5.41) is 0. The minimum Gasteiger partial charge on any atom is -0.446 e. The van der Waals surface area contributed by atoms with Crippen LogP contribution in [0.2, 0.25) is 0 Å². The number of benzene rings is 2. The van der Waals surface area contributed by atoms with Gasteiger partial charge in [-0.05, 0) is 61.6 Å². The molecule has 0 spiro atoms. The number of carbonyl (C=O) groups is 2. The van der Waals surface area contributed by atoms with Crippen molar-refractivity contribution in [2.75, 3.05) is 32.9 Å². The number of halogens is 2. The fraction of sp³-hybridized carbons (Fsp3) is 0.481. The number of ether oxygens (including phenoxy) is 1. The van der Waals surface area contributed by atoms with E-state index in [9.17, 15) is 26.8 Å². The first-order valence-corrected chi connectivity index (χ1v) is 14.5. The Labute approximate surface area is 221 Å². The highest BCUT2D eigenvalue weighted by atomic mass is 32.2. The van der Waals surface area contributed by atoms with Crippen molar-refractivity contribution in [3.05, 3.63) is 42.5 Å². The third-order valence-corrected chi connectivity index (χ3v) is 9.36. The molecule has 2 amide bonds. The van der Waals surface area contributed by atoms with Gasteiger partial charge in [0.25, 0.3) is 0 Å². The van der Waals surface area contributed by atoms with E-state index >= 15 is 0 Å². The van der Waals surface area contributed by atoms with E-state index in [1.807, 2.05) is 25.1 Å². The van der Waals surface area contributed by atoms with Gasteiger partial charge in [-0.1, -0.05) is 18.2 Å². The van der Waals surface area contributed by atoms with Crippen molar-refractivity contribution in [3.63, 3.8) is 0 Å². The largest absolute Gasteiger partial charge is 0.446 e. The Kier molecular flexibility index (Phi) is 6.83. The average molecular weight is 548 g/mol. The number of fused-ring (bicyclic) bond motifs is 1. The van der Waals surface area contributed by atoms with E-state index in [1.54, 1.807) is 29.2 Å². The summed E-state index contributed by atoms with van der Waals surface area (Å²) < 4.78 is 58.8. The Morgan fingerprint density at radius 1 is 1.00 bits per heavy atom. The number of nitrogens with zero attached hydrogens (tertiary/aromatic N) is 3. The molecule has 204 valence electrons. The molecule has 8 nitrogen and oxygen atoms in total. The Morgan fingerprint density at radius 2 is 1.66 bits per heavy atom. The van der Waals surface area contributed by atoms with E-state index in [1.165, 1.54) is 16.1 Å². The quantitative estimate of drug-likeness (QED) is 0.529. The summed E-state index contributed by atoms with van der Waals surface area (Å²) in [6.45, 7) is 3.96. The van der Waals surface area contributed by atoms with Gasteiger partial charge in [-0.3, -0.25) is 14.0 Å². The lowest BCUT2D eigenvalue weighted by atomic mass is 9.94. The zero-order chi connectivity index (χ0) is 27.2. The maximum absolute atomic E-state index is 13.6. The highest BCUT2D eigenvalue weighted by molar-refractivity contribution is 7.93. The summed E-state index contributed by atoms with van der Waals surface area (Å²) in [7, 11) is -3.29. The second-order valence-electron chi connectivity index (χ2n) is 10.3. The molecule has 0 bridgehead atoms. The van der Waals surface area contributed by atoms with Gasteiger partial charge >= 0.3 is 6.09 Å². The van der Waals surface area contributed by atoms with Gasteiger partial charge in [0.2, 0.25) is 21.9 Å². The van der Waals surface area contributed by atoms with Gasteiger partial charge < -0.3 is 9.64 Å². The second kappa shape index (κ2) is 9.83. The first kappa shape index (κ1) is 26.4. The van der Waals surface area contributed by atoms with E-state index in [0.717, 1.165) is 11.1 Å². The molecule has 1 saturated carbocycles. The van der Waals surface area contributed by atoms with Crippen molar-refractivity contribution in [1.29, 1.82) is 0 Å². The SMILES string of the molecule is CC(=O)N1c2ccc(-c3ccc(N4CCCS4(=O)=O)cc3)cc2N(C(=O)OC2CCC(F)(F)CC2)C[C@@H]1C. The highest BCUT2D eigenvalue weighted by Gasteiger charge is 2.39. The molecule has 2 fully saturated rings. The lowest BCUT2D eigenvalue weighted by Crippen LogP contribution is -2.52. The van der Waals surface area contributed by atoms with Crippen LogP contribution in [0.4, 0.5) is 30.6 Å². The van der Waals surface area contributed by atoms with Crippen molar-refractivity contribution in [1.82, 2.24) is 0 Å². The van der Waals surface area contributed by atoms with Crippen LogP contribution in [-0.2, 0) is 19.6 Å². The Hall–Kier alpha value is -3.21. The predicted octanol–water partition coefficient (Wildman–Crippen LogP) is 5.17. The lowest BCUT2D eigenvalue weighted by Gasteiger charge is -2.41. The molecule has 3 aliphatic rings. The lowest BCUT2D eigenvalue weighted by molar-refractivity contribution is -0.117. The summed E-state index contributed by atoms with van der Waals surface area (Å²) in [6, 6.07) is 12.3. The number of hydrogen-bond acceptors (Lipinski definition) is 5. The first-order valence-electron chi connectivity index (χ1n) is 12.9. The zero-order valence-electron chi connectivity index (χ0n) is 21.4. The molecule has 2 aromatic rings. The summed E-state index contributed by atoms with van der Waals surface area (Å²) in [5.41, 5.74) is 3.24. The summed E-state index contributed by atoms with van der Waals surface area (Å²) in [6.07, 6.45) is -1.02. The van der Waals surface area contributed by atoms with Gasteiger partial charge in [0.05, 0.1) is 28.9 Å². The van der Waals surface area contributed by atoms with Crippen LogP contribution < -0.4 is 14.1 Å². The molecule has 0 N–H and O–H groups in total. The van der Waals surface area contributed by atoms with E-state index in [4.69, 9.17) is 4.74 Å². The molecule has 0 unspecified atom stereocenters. The van der Waals surface area contributed by atoms with Crippen molar-refractivity contribution in [2.45, 2.75) is 64.0 Å². The van der Waals surface area contributed by atoms with Crippen LogP contribution in [-0.4, -0.2) is 57.3 Å². The topological polar surface area (TPSA) is 87.2 Å². The van der Waals surface area contributed by atoms with Crippen molar-refractivity contribution >= 4 is 39.1 Å². The summed E-state index contributed by atoms with van der Waals surface area (Å²) >= 11 is 0. The fourth-order valence-electron chi connectivity index (χ4n) is 5.54. The second-order valence-corrected chi connectivity index (χ2v) is 12.3. The Balaban J connectivity index is 1.44. The standard InChI is InChI=1S/C27H31F2N3O5S/c1-18-17-30(26(34)37-23-10-12-27(28,29)13-11-23)25-16-21(6-9-24(25)32(18)19(2)33)20-4-7-22(8-5-20)31-14-3-15-38(31,35)36/h4-9,16,18,23H,3,10-15,17H2,1-2H3/t18-/m0/s1. The van der Waals surface area contributed by atoms with Crippen molar-refractivity contribution in [2.24, 2.45) is 0 Å². The third kappa shape index (κ3) is 5.08. The minimum atomic E-state index is -3.29. The molecule has 0 radical (unpaired) electrons. The molecular formula is C27H31F2N3O5S. The van der Waals surface area contributed by atoms with Gasteiger partial charge in [0, 0.05) is 32.9 Å². The van der Waals surface area contributed by atoms with Gasteiger partial charge in [0.1, 0.15) is 6.10 Å². The monoisotopic (exact) mass is 547 g/mol. The third-order valence-electron chi connectivity index (χ3n) is 7.49. The molecule has 2 aliphatic heterocycles. The first-order chi connectivity index (χ1) is 17.9. The van der Waals surface area contributed by atoms with Crippen LogP contribution >= 0.6 is 0 Å². The number of anilines is 3.